The minimum atomic E-state index is -1.73. The van der Waals surface area contributed by atoms with Gasteiger partial charge in [0.15, 0.2) is 5.67 Å². The Morgan fingerprint density at radius 3 is 2.26 bits per heavy atom. The second-order valence-electron chi connectivity index (χ2n) is 6.57. The number of aliphatic hydroxyl groups is 1. The van der Waals surface area contributed by atoms with Crippen molar-refractivity contribution in [3.8, 4) is 0 Å². The van der Waals surface area contributed by atoms with E-state index >= 15 is 0 Å². The van der Waals surface area contributed by atoms with Crippen molar-refractivity contribution in [2.75, 3.05) is 19.6 Å². The van der Waals surface area contributed by atoms with E-state index in [9.17, 15) is 19.1 Å². The average Bonchev–Trinajstić information content (AvgIpc) is 3.05. The first kappa shape index (κ1) is 21.6. The van der Waals surface area contributed by atoms with Crippen LogP contribution in [0.5, 0.6) is 0 Å². The van der Waals surface area contributed by atoms with Crippen LogP contribution in [-0.4, -0.2) is 53.2 Å². The molecule has 1 heterocycles. The van der Waals surface area contributed by atoms with Crippen LogP contribution in [0.25, 0.3) is 0 Å². The van der Waals surface area contributed by atoms with Crippen molar-refractivity contribution < 1.29 is 19.1 Å². The second-order valence-corrected chi connectivity index (χ2v) is 6.57. The Kier molecular flexibility index (Phi) is 9.72. The minimum absolute atomic E-state index is 0.183. The Labute approximate surface area is 138 Å². The zero-order chi connectivity index (χ0) is 18.0. The molecule has 0 spiro atoms. The number of amides is 2. The number of hydrogen-bond donors (Lipinski definition) is 2. The van der Waals surface area contributed by atoms with Crippen molar-refractivity contribution in [3.63, 3.8) is 0 Å². The van der Waals surface area contributed by atoms with E-state index in [1.807, 2.05) is 6.92 Å². The first-order chi connectivity index (χ1) is 10.7. The number of alkyl halides is 1. The van der Waals surface area contributed by atoms with Crippen LogP contribution >= 0.6 is 0 Å². The van der Waals surface area contributed by atoms with Gasteiger partial charge in [0.05, 0.1) is 12.6 Å². The molecule has 5 nitrogen and oxygen atoms in total. The van der Waals surface area contributed by atoms with E-state index in [0.717, 1.165) is 5.92 Å². The summed E-state index contributed by atoms with van der Waals surface area (Å²) in [5.41, 5.74) is -1.73. The fourth-order valence-corrected chi connectivity index (χ4v) is 1.73. The van der Waals surface area contributed by atoms with Crippen LogP contribution in [0.2, 0.25) is 0 Å². The van der Waals surface area contributed by atoms with Crippen molar-refractivity contribution in [2.45, 2.75) is 58.7 Å². The maximum absolute atomic E-state index is 13.2. The fraction of sp³-hybridized carbons (Fsp3) is 0.765. The highest BCUT2D eigenvalue weighted by molar-refractivity contribution is 5.91. The van der Waals surface area contributed by atoms with Gasteiger partial charge in [-0.25, -0.2) is 4.39 Å². The largest absolute Gasteiger partial charge is 0.391 e. The van der Waals surface area contributed by atoms with Crippen LogP contribution in [0.3, 0.4) is 0 Å². The van der Waals surface area contributed by atoms with Crippen LogP contribution in [0.1, 0.15) is 47.0 Å². The Hall–Kier alpha value is -1.43. The number of nitrogens with zero attached hydrogens (tertiary/aromatic N) is 1. The lowest BCUT2D eigenvalue weighted by Gasteiger charge is -2.16. The quantitative estimate of drug-likeness (QED) is 0.778. The molecule has 23 heavy (non-hydrogen) atoms. The zero-order valence-electron chi connectivity index (χ0n) is 14.8. The standard InChI is InChI=1S/C10H15FN2O3.C4H10.C3H6/c11-10(2-3-10)9(16)12-5-8(15)13-4-1-7(14)6-13;1-4(2)3;1-3-2/h7,14H,1-6H2,(H,12,16);4H,1-3H3;3H,1H2,2H3. The smallest absolute Gasteiger partial charge is 0.258 e. The molecule has 2 N–H and O–H groups in total. The predicted molar refractivity (Wildman–Crippen MR) is 89.7 cm³/mol. The number of rotatable bonds is 3. The van der Waals surface area contributed by atoms with E-state index in [1.165, 1.54) is 4.90 Å². The van der Waals surface area contributed by atoms with E-state index in [1.54, 1.807) is 6.08 Å². The summed E-state index contributed by atoms with van der Waals surface area (Å²) in [5.74, 6) is -0.130. The van der Waals surface area contributed by atoms with Crippen molar-refractivity contribution >= 4 is 11.8 Å². The molecule has 2 fully saturated rings. The molecule has 2 aliphatic rings. The SMILES string of the molecule is C=CC.CC(C)C.O=C(CNC(=O)C1(F)CC1)N1CCC(O)C1. The normalized spacial score (nSPS) is 20.7. The average molecular weight is 330 g/mol. The van der Waals surface area contributed by atoms with Crippen LogP contribution in [0.15, 0.2) is 12.7 Å². The summed E-state index contributed by atoms with van der Waals surface area (Å²) in [4.78, 5) is 24.2. The highest BCUT2D eigenvalue weighted by Gasteiger charge is 2.50. The Bertz CT molecular complexity index is 393. The Morgan fingerprint density at radius 1 is 1.43 bits per heavy atom. The summed E-state index contributed by atoms with van der Waals surface area (Å²) in [6.07, 6.45) is 2.33. The van der Waals surface area contributed by atoms with E-state index in [2.05, 4.69) is 32.7 Å². The van der Waals surface area contributed by atoms with Crippen LogP contribution in [0, 0.1) is 5.92 Å². The summed E-state index contributed by atoms with van der Waals surface area (Å²) in [6, 6.07) is 0. The third-order valence-electron chi connectivity index (χ3n) is 3.01. The maximum Gasteiger partial charge on any atom is 0.258 e. The van der Waals surface area contributed by atoms with E-state index in [0.29, 0.717) is 19.5 Å². The number of carbonyl (C=O) groups is 2. The molecule has 1 unspecified atom stereocenters. The zero-order valence-corrected chi connectivity index (χ0v) is 14.8. The molecule has 6 heteroatoms. The predicted octanol–water partition coefficient (Wildman–Crippen LogP) is 2.05. The molecule has 0 bridgehead atoms. The third kappa shape index (κ3) is 9.33. The van der Waals surface area contributed by atoms with Crippen LogP contribution in [0.4, 0.5) is 4.39 Å². The first-order valence-electron chi connectivity index (χ1n) is 8.16. The molecule has 1 saturated heterocycles. The van der Waals surface area contributed by atoms with Gasteiger partial charge in [0.25, 0.3) is 5.91 Å². The van der Waals surface area contributed by atoms with Gasteiger partial charge in [-0.3, -0.25) is 9.59 Å². The first-order valence-corrected chi connectivity index (χ1v) is 8.16. The number of carbonyl (C=O) groups excluding carboxylic acids is 2. The van der Waals surface area contributed by atoms with Gasteiger partial charge in [0.1, 0.15) is 0 Å². The number of hydrogen-bond acceptors (Lipinski definition) is 3. The number of β-amino-alcohol motifs (C(OH)–C–C–N with tert-alkyl or cyclic N) is 1. The molecule has 1 saturated carbocycles. The highest BCUT2D eigenvalue weighted by atomic mass is 19.1. The van der Waals surface area contributed by atoms with Crippen molar-refractivity contribution in [1.82, 2.24) is 10.2 Å². The van der Waals surface area contributed by atoms with Crippen LogP contribution in [-0.2, 0) is 9.59 Å². The van der Waals surface area contributed by atoms with Gasteiger partial charge in [-0.2, -0.15) is 0 Å². The number of likely N-dealkylation sites (tertiary alicyclic amines) is 1. The maximum atomic E-state index is 13.2. The number of aliphatic hydroxyl groups excluding tert-OH is 1. The molecule has 0 radical (unpaired) electrons. The number of allylic oxidation sites excluding steroid dienone is 1. The van der Waals surface area contributed by atoms with Gasteiger partial charge < -0.3 is 15.3 Å². The van der Waals surface area contributed by atoms with Crippen molar-refractivity contribution in [1.29, 1.82) is 0 Å². The van der Waals surface area contributed by atoms with E-state index in [-0.39, 0.29) is 25.3 Å². The second kappa shape index (κ2) is 10.4. The van der Waals surface area contributed by atoms with Gasteiger partial charge in [-0.1, -0.05) is 26.8 Å². The van der Waals surface area contributed by atoms with Gasteiger partial charge in [0.2, 0.25) is 5.91 Å². The number of halogens is 1. The molecule has 1 aliphatic heterocycles. The summed E-state index contributed by atoms with van der Waals surface area (Å²) < 4.78 is 13.2. The molecule has 1 aliphatic carbocycles. The van der Waals surface area contributed by atoms with Gasteiger partial charge in [-0.05, 0) is 32.1 Å². The molecule has 2 amide bonds. The third-order valence-corrected chi connectivity index (χ3v) is 3.01. The summed E-state index contributed by atoms with van der Waals surface area (Å²) in [6.45, 7) is 12.4. The molecular formula is C17H31FN2O3. The molecule has 1 atom stereocenters. The Balaban J connectivity index is 0.000000591. The lowest BCUT2D eigenvalue weighted by Crippen LogP contribution is -2.42. The van der Waals surface area contributed by atoms with Crippen molar-refractivity contribution in [3.05, 3.63) is 12.7 Å². The van der Waals surface area contributed by atoms with Gasteiger partial charge >= 0.3 is 0 Å². The molecule has 134 valence electrons. The van der Waals surface area contributed by atoms with Crippen LogP contribution < -0.4 is 5.32 Å². The lowest BCUT2D eigenvalue weighted by molar-refractivity contribution is -0.134. The summed E-state index contributed by atoms with van der Waals surface area (Å²) >= 11 is 0. The molecule has 0 aromatic heterocycles. The summed E-state index contributed by atoms with van der Waals surface area (Å²) in [7, 11) is 0. The van der Waals surface area contributed by atoms with Crippen molar-refractivity contribution in [2.24, 2.45) is 5.92 Å². The Morgan fingerprint density at radius 2 is 1.91 bits per heavy atom. The summed E-state index contributed by atoms with van der Waals surface area (Å²) in [5, 5.41) is 11.5. The van der Waals surface area contributed by atoms with Gasteiger partial charge in [0, 0.05) is 13.1 Å². The van der Waals surface area contributed by atoms with E-state index < -0.39 is 17.7 Å². The molecule has 0 aromatic rings. The van der Waals surface area contributed by atoms with Gasteiger partial charge in [-0.15, -0.1) is 6.58 Å². The molecular weight excluding hydrogens is 299 g/mol. The topological polar surface area (TPSA) is 69.6 Å². The fourth-order valence-electron chi connectivity index (χ4n) is 1.73. The number of nitrogens with one attached hydrogen (secondary N) is 1. The van der Waals surface area contributed by atoms with E-state index in [4.69, 9.17) is 0 Å². The highest BCUT2D eigenvalue weighted by Crippen LogP contribution is 2.39. The monoisotopic (exact) mass is 330 g/mol. The lowest BCUT2D eigenvalue weighted by atomic mass is 10.3. The molecule has 0 aromatic carbocycles. The molecule has 2 rings (SSSR count). The minimum Gasteiger partial charge on any atom is -0.391 e.